The van der Waals surface area contributed by atoms with Crippen LogP contribution in [0.4, 0.5) is 0 Å². The van der Waals surface area contributed by atoms with Gasteiger partial charge >= 0.3 is 0 Å². The van der Waals surface area contributed by atoms with Crippen LogP contribution in [0.3, 0.4) is 0 Å². The Balaban J connectivity index is 2.14. The topological polar surface area (TPSA) is 45.0 Å². The van der Waals surface area contributed by atoms with Crippen LogP contribution in [0.5, 0.6) is 0 Å². The largest absolute Gasteiger partial charge is 0.379 e. The molecule has 0 atom stereocenters. The second-order valence-corrected chi connectivity index (χ2v) is 5.09. The lowest BCUT2D eigenvalue weighted by Gasteiger charge is -2.25. The summed E-state index contributed by atoms with van der Waals surface area (Å²) >= 11 is 1.74. The van der Waals surface area contributed by atoms with E-state index < -0.39 is 0 Å². The average Bonchev–Trinajstić information content (AvgIpc) is 2.25. The molecule has 1 aliphatic rings. The first-order valence-electron chi connectivity index (χ1n) is 5.25. The number of hydrogen-bond donors (Lipinski definition) is 1. The minimum Gasteiger partial charge on any atom is -0.379 e. The summed E-state index contributed by atoms with van der Waals surface area (Å²) in [7, 11) is 1.90. The van der Waals surface area contributed by atoms with E-state index in [0.29, 0.717) is 5.25 Å². The Labute approximate surface area is 99.8 Å². The fourth-order valence-corrected chi connectivity index (χ4v) is 2.61. The Morgan fingerprint density at radius 2 is 2.38 bits per heavy atom. The molecule has 1 aliphatic heterocycles. The summed E-state index contributed by atoms with van der Waals surface area (Å²) in [5.74, 6) is 0. The zero-order chi connectivity index (χ0) is 11.4. The fraction of sp³-hybridized carbons (Fsp3) is 0.417. The molecule has 0 radical (unpaired) electrons. The van der Waals surface area contributed by atoms with Crippen molar-refractivity contribution in [3.05, 3.63) is 29.3 Å². The van der Waals surface area contributed by atoms with E-state index in [0.717, 1.165) is 35.8 Å². The van der Waals surface area contributed by atoms with E-state index in [1.54, 1.807) is 11.8 Å². The van der Waals surface area contributed by atoms with Gasteiger partial charge in [-0.25, -0.2) is 0 Å². The molecule has 0 aliphatic carbocycles. The summed E-state index contributed by atoms with van der Waals surface area (Å²) < 4.78 is 5.13. The molecule has 1 aromatic rings. The number of thioether (sulfide) groups is 1. The van der Waals surface area contributed by atoms with Crippen LogP contribution >= 0.6 is 11.8 Å². The van der Waals surface area contributed by atoms with Gasteiger partial charge in [-0.2, -0.15) is 5.26 Å². The SMILES string of the molecule is CNCc1ccc(SC2COC2)c(C#N)c1. The van der Waals surface area contributed by atoms with Gasteiger partial charge in [0, 0.05) is 11.4 Å². The Hall–Kier alpha value is -1.02. The lowest BCUT2D eigenvalue weighted by molar-refractivity contribution is 0.0455. The summed E-state index contributed by atoms with van der Waals surface area (Å²) in [5, 5.41) is 12.7. The van der Waals surface area contributed by atoms with Gasteiger partial charge in [0.05, 0.1) is 24.0 Å². The van der Waals surface area contributed by atoms with E-state index in [-0.39, 0.29) is 0 Å². The molecule has 84 valence electrons. The predicted molar refractivity (Wildman–Crippen MR) is 64.4 cm³/mol. The van der Waals surface area contributed by atoms with E-state index in [4.69, 9.17) is 10.00 Å². The van der Waals surface area contributed by atoms with E-state index >= 15 is 0 Å². The molecule has 0 aromatic heterocycles. The lowest BCUT2D eigenvalue weighted by atomic mass is 10.1. The molecule has 1 fully saturated rings. The Bertz CT molecular complexity index is 410. The smallest absolute Gasteiger partial charge is 0.100 e. The molecule has 16 heavy (non-hydrogen) atoms. The standard InChI is InChI=1S/C12H14N2OS/c1-14-6-9-2-3-12(10(4-9)5-13)16-11-7-15-8-11/h2-4,11,14H,6-8H2,1H3. The van der Waals surface area contributed by atoms with Gasteiger partial charge in [-0.05, 0) is 24.7 Å². The maximum Gasteiger partial charge on any atom is 0.100 e. The molecule has 0 spiro atoms. The molecule has 4 heteroatoms. The van der Waals surface area contributed by atoms with Crippen LogP contribution in [0.2, 0.25) is 0 Å². The Morgan fingerprint density at radius 1 is 1.56 bits per heavy atom. The second kappa shape index (κ2) is 5.35. The third kappa shape index (κ3) is 2.56. The van der Waals surface area contributed by atoms with Crippen molar-refractivity contribution in [2.45, 2.75) is 16.7 Å². The number of ether oxygens (including phenoxy) is 1. The number of nitrogens with zero attached hydrogens (tertiary/aromatic N) is 1. The molecule has 1 heterocycles. The molecule has 2 rings (SSSR count). The molecule has 1 saturated heterocycles. The average molecular weight is 234 g/mol. The van der Waals surface area contributed by atoms with E-state index in [1.807, 2.05) is 19.2 Å². The number of hydrogen-bond acceptors (Lipinski definition) is 4. The number of rotatable bonds is 4. The Morgan fingerprint density at radius 3 is 2.94 bits per heavy atom. The number of benzene rings is 1. The van der Waals surface area contributed by atoms with E-state index in [9.17, 15) is 0 Å². The predicted octanol–water partition coefficient (Wildman–Crippen LogP) is 1.77. The van der Waals surface area contributed by atoms with Crippen LogP contribution in [-0.4, -0.2) is 25.5 Å². The number of nitrogens with one attached hydrogen (secondary N) is 1. The van der Waals surface area contributed by atoms with E-state index in [1.165, 1.54) is 0 Å². The normalized spacial score (nSPS) is 15.5. The van der Waals surface area contributed by atoms with Crippen LogP contribution in [-0.2, 0) is 11.3 Å². The summed E-state index contributed by atoms with van der Waals surface area (Å²) in [6, 6.07) is 8.32. The Kier molecular flexibility index (Phi) is 3.83. The minimum atomic E-state index is 0.516. The molecule has 1 N–H and O–H groups in total. The summed E-state index contributed by atoms with van der Waals surface area (Å²) in [6.07, 6.45) is 0. The van der Waals surface area contributed by atoms with Gasteiger partial charge in [0.15, 0.2) is 0 Å². The molecular formula is C12H14N2OS. The van der Waals surface area contributed by atoms with Gasteiger partial charge in [-0.3, -0.25) is 0 Å². The molecule has 0 bridgehead atoms. The highest BCUT2D eigenvalue weighted by molar-refractivity contribution is 8.00. The van der Waals surface area contributed by atoms with Crippen LogP contribution in [0.15, 0.2) is 23.1 Å². The van der Waals surface area contributed by atoms with Crippen molar-refractivity contribution < 1.29 is 4.74 Å². The molecule has 0 unspecified atom stereocenters. The lowest BCUT2D eigenvalue weighted by Crippen LogP contribution is -2.30. The maximum atomic E-state index is 9.10. The first-order chi connectivity index (χ1) is 7.83. The number of nitriles is 1. The van der Waals surface area contributed by atoms with Gasteiger partial charge < -0.3 is 10.1 Å². The molecule has 3 nitrogen and oxygen atoms in total. The summed E-state index contributed by atoms with van der Waals surface area (Å²) in [5.41, 5.74) is 1.91. The van der Waals surface area contributed by atoms with Gasteiger partial charge in [0.1, 0.15) is 6.07 Å². The monoisotopic (exact) mass is 234 g/mol. The van der Waals surface area contributed by atoms with Gasteiger partial charge in [-0.15, -0.1) is 11.8 Å². The first kappa shape index (κ1) is 11.5. The van der Waals surface area contributed by atoms with Gasteiger partial charge in [-0.1, -0.05) is 6.07 Å². The van der Waals surface area contributed by atoms with Crippen molar-refractivity contribution in [2.75, 3.05) is 20.3 Å². The van der Waals surface area contributed by atoms with Crippen molar-refractivity contribution in [3.8, 4) is 6.07 Å². The van der Waals surface area contributed by atoms with E-state index in [2.05, 4.69) is 17.5 Å². The molecular weight excluding hydrogens is 220 g/mol. The highest BCUT2D eigenvalue weighted by Crippen LogP contribution is 2.30. The molecule has 1 aromatic carbocycles. The molecule has 0 saturated carbocycles. The van der Waals surface area contributed by atoms with Crippen molar-refractivity contribution in [1.82, 2.24) is 5.32 Å². The first-order valence-corrected chi connectivity index (χ1v) is 6.13. The maximum absolute atomic E-state index is 9.10. The highest BCUT2D eigenvalue weighted by atomic mass is 32.2. The quantitative estimate of drug-likeness (QED) is 0.862. The third-order valence-corrected chi connectivity index (χ3v) is 3.66. The molecule has 0 amide bonds. The van der Waals surface area contributed by atoms with Gasteiger partial charge in [0.25, 0.3) is 0 Å². The van der Waals surface area contributed by atoms with Crippen LogP contribution in [0.25, 0.3) is 0 Å². The zero-order valence-electron chi connectivity index (χ0n) is 9.19. The van der Waals surface area contributed by atoms with Crippen molar-refractivity contribution in [2.24, 2.45) is 0 Å². The van der Waals surface area contributed by atoms with Crippen molar-refractivity contribution in [3.63, 3.8) is 0 Å². The summed E-state index contributed by atoms with van der Waals surface area (Å²) in [6.45, 7) is 2.40. The third-order valence-electron chi connectivity index (χ3n) is 2.45. The summed E-state index contributed by atoms with van der Waals surface area (Å²) in [4.78, 5) is 1.07. The van der Waals surface area contributed by atoms with Crippen molar-refractivity contribution >= 4 is 11.8 Å². The second-order valence-electron chi connectivity index (χ2n) is 3.75. The van der Waals surface area contributed by atoms with Gasteiger partial charge in [0.2, 0.25) is 0 Å². The van der Waals surface area contributed by atoms with Crippen LogP contribution in [0, 0.1) is 11.3 Å². The minimum absolute atomic E-state index is 0.516. The van der Waals surface area contributed by atoms with Crippen molar-refractivity contribution in [1.29, 1.82) is 5.26 Å². The zero-order valence-corrected chi connectivity index (χ0v) is 10.0. The van der Waals surface area contributed by atoms with Crippen LogP contribution in [0.1, 0.15) is 11.1 Å². The fourth-order valence-electron chi connectivity index (χ4n) is 1.54. The van der Waals surface area contributed by atoms with Crippen LogP contribution < -0.4 is 5.32 Å². The highest BCUT2D eigenvalue weighted by Gasteiger charge is 2.20.